The predicted molar refractivity (Wildman–Crippen MR) is 142 cm³/mol. The van der Waals surface area contributed by atoms with Gasteiger partial charge in [-0.1, -0.05) is 18.2 Å². The molecular formula is C29H32N4OS. The summed E-state index contributed by atoms with van der Waals surface area (Å²) in [7, 11) is 0. The first kappa shape index (κ1) is 23.7. The van der Waals surface area contributed by atoms with E-state index in [1.165, 1.54) is 30.4 Å². The van der Waals surface area contributed by atoms with Crippen molar-refractivity contribution in [3.05, 3.63) is 70.2 Å². The number of amides is 1. The fourth-order valence-electron chi connectivity index (χ4n) is 5.38. The van der Waals surface area contributed by atoms with Crippen LogP contribution in [0.3, 0.4) is 0 Å². The van der Waals surface area contributed by atoms with Crippen molar-refractivity contribution in [2.24, 2.45) is 5.92 Å². The lowest BCUT2D eigenvalue weighted by atomic mass is 9.84. The molecule has 2 aliphatic rings. The first-order chi connectivity index (χ1) is 17.2. The lowest BCUT2D eigenvalue weighted by Crippen LogP contribution is -2.37. The molecule has 6 heteroatoms. The van der Waals surface area contributed by atoms with E-state index in [4.69, 9.17) is 5.26 Å². The van der Waals surface area contributed by atoms with Gasteiger partial charge in [0.1, 0.15) is 5.01 Å². The number of rotatable bonds is 6. The van der Waals surface area contributed by atoms with Gasteiger partial charge in [-0.15, -0.1) is 11.3 Å². The molecule has 1 saturated carbocycles. The molecule has 1 amide bonds. The Morgan fingerprint density at radius 1 is 1.11 bits per heavy atom. The Kier molecular flexibility index (Phi) is 7.56. The second-order valence-electron chi connectivity index (χ2n) is 9.81. The highest BCUT2D eigenvalue weighted by molar-refractivity contribution is 7.19. The summed E-state index contributed by atoms with van der Waals surface area (Å²) < 4.78 is 1.14. The van der Waals surface area contributed by atoms with Gasteiger partial charge in [-0.2, -0.15) is 5.26 Å². The first-order valence-corrected chi connectivity index (χ1v) is 13.6. The van der Waals surface area contributed by atoms with Crippen molar-refractivity contribution >= 4 is 33.5 Å². The molecular weight excluding hydrogens is 452 g/mol. The van der Waals surface area contributed by atoms with Gasteiger partial charge in [-0.3, -0.25) is 4.79 Å². The molecule has 0 saturated heterocycles. The largest absolute Gasteiger partial charge is 0.350 e. The maximum atomic E-state index is 12.4. The van der Waals surface area contributed by atoms with Crippen molar-refractivity contribution < 1.29 is 4.79 Å². The van der Waals surface area contributed by atoms with E-state index in [1.54, 1.807) is 17.4 Å². The van der Waals surface area contributed by atoms with Crippen LogP contribution in [0.4, 0.5) is 0 Å². The molecule has 0 unspecified atom stereocenters. The summed E-state index contributed by atoms with van der Waals surface area (Å²) in [5, 5.41) is 13.2. The highest BCUT2D eigenvalue weighted by Crippen LogP contribution is 2.28. The molecule has 1 aliphatic heterocycles. The van der Waals surface area contributed by atoms with E-state index in [0.717, 1.165) is 72.0 Å². The number of nitrogens with one attached hydrogen (secondary N) is 1. The number of carbonyl (C=O) groups excluding carboxylic acids is 1. The fourth-order valence-corrected chi connectivity index (χ4v) is 6.25. The van der Waals surface area contributed by atoms with E-state index in [1.807, 2.05) is 30.3 Å². The third kappa shape index (κ3) is 6.17. The SMILES string of the molecule is N#Cc1ccc2c(c1)CCN(CCC1CCC(NC(=O)/C=C/c3nc4ccccc4s3)CC1)CC2. The van der Waals surface area contributed by atoms with Gasteiger partial charge < -0.3 is 10.2 Å². The van der Waals surface area contributed by atoms with Crippen LogP contribution in [0.1, 0.15) is 53.8 Å². The number of hydrogen-bond acceptors (Lipinski definition) is 5. The van der Waals surface area contributed by atoms with Gasteiger partial charge in [0.05, 0.1) is 21.8 Å². The molecule has 1 aliphatic carbocycles. The second kappa shape index (κ2) is 11.2. The van der Waals surface area contributed by atoms with Crippen molar-refractivity contribution in [3.8, 4) is 6.07 Å². The van der Waals surface area contributed by atoms with E-state index < -0.39 is 0 Å². The monoisotopic (exact) mass is 484 g/mol. The molecule has 35 heavy (non-hydrogen) atoms. The third-order valence-electron chi connectivity index (χ3n) is 7.46. The smallest absolute Gasteiger partial charge is 0.244 e. The van der Waals surface area contributed by atoms with Gasteiger partial charge >= 0.3 is 0 Å². The van der Waals surface area contributed by atoms with Gasteiger partial charge in [-0.05, 0) is 98.9 Å². The summed E-state index contributed by atoms with van der Waals surface area (Å²) >= 11 is 1.61. The lowest BCUT2D eigenvalue weighted by molar-refractivity contribution is -0.117. The van der Waals surface area contributed by atoms with E-state index >= 15 is 0 Å². The number of thiazole rings is 1. The zero-order chi connectivity index (χ0) is 24.0. The van der Waals surface area contributed by atoms with Crippen molar-refractivity contribution in [2.75, 3.05) is 19.6 Å². The topological polar surface area (TPSA) is 69.0 Å². The summed E-state index contributed by atoms with van der Waals surface area (Å²) in [5.41, 5.74) is 4.50. The number of aromatic nitrogens is 1. The van der Waals surface area contributed by atoms with Crippen LogP contribution in [0.15, 0.2) is 48.5 Å². The minimum absolute atomic E-state index is 0.0172. The average molecular weight is 485 g/mol. The van der Waals surface area contributed by atoms with Crippen LogP contribution in [0.5, 0.6) is 0 Å². The quantitative estimate of drug-likeness (QED) is 0.479. The molecule has 2 heterocycles. The van der Waals surface area contributed by atoms with Gasteiger partial charge in [0, 0.05) is 25.2 Å². The number of nitriles is 1. The first-order valence-electron chi connectivity index (χ1n) is 12.7. The van der Waals surface area contributed by atoms with Crippen LogP contribution in [-0.2, 0) is 17.6 Å². The van der Waals surface area contributed by atoms with Crippen molar-refractivity contribution in [3.63, 3.8) is 0 Å². The number of benzene rings is 2. The van der Waals surface area contributed by atoms with Crippen LogP contribution in [0.25, 0.3) is 16.3 Å². The highest BCUT2D eigenvalue weighted by atomic mass is 32.1. The van der Waals surface area contributed by atoms with E-state index in [-0.39, 0.29) is 11.9 Å². The molecule has 1 aromatic heterocycles. The van der Waals surface area contributed by atoms with Crippen molar-refractivity contribution in [1.29, 1.82) is 5.26 Å². The molecule has 0 spiro atoms. The molecule has 1 N–H and O–H groups in total. The molecule has 5 rings (SSSR count). The number of para-hydroxylation sites is 1. The fraction of sp³-hybridized carbons (Fsp3) is 0.414. The maximum absolute atomic E-state index is 12.4. The van der Waals surface area contributed by atoms with Crippen LogP contribution in [-0.4, -0.2) is 41.5 Å². The second-order valence-corrected chi connectivity index (χ2v) is 10.9. The Balaban J connectivity index is 1.03. The molecule has 0 radical (unpaired) electrons. The third-order valence-corrected chi connectivity index (χ3v) is 8.47. The van der Waals surface area contributed by atoms with Gasteiger partial charge in [-0.25, -0.2) is 4.98 Å². The molecule has 3 aromatic rings. The maximum Gasteiger partial charge on any atom is 0.244 e. The van der Waals surface area contributed by atoms with Crippen molar-refractivity contribution in [1.82, 2.24) is 15.2 Å². The normalized spacial score (nSPS) is 20.9. The minimum Gasteiger partial charge on any atom is -0.350 e. The summed E-state index contributed by atoms with van der Waals surface area (Å²) in [4.78, 5) is 19.6. The number of nitrogens with zero attached hydrogens (tertiary/aromatic N) is 3. The minimum atomic E-state index is -0.0172. The highest BCUT2D eigenvalue weighted by Gasteiger charge is 2.23. The van der Waals surface area contributed by atoms with Crippen LogP contribution >= 0.6 is 11.3 Å². The van der Waals surface area contributed by atoms with Gasteiger partial charge in [0.25, 0.3) is 0 Å². The number of fused-ring (bicyclic) bond motifs is 2. The lowest BCUT2D eigenvalue weighted by Gasteiger charge is -2.30. The van der Waals surface area contributed by atoms with Gasteiger partial charge in [0.15, 0.2) is 0 Å². The Morgan fingerprint density at radius 2 is 1.91 bits per heavy atom. The Hall–Kier alpha value is -3.01. The Morgan fingerprint density at radius 3 is 2.71 bits per heavy atom. The summed E-state index contributed by atoms with van der Waals surface area (Å²) in [5.74, 6) is 0.730. The summed E-state index contributed by atoms with van der Waals surface area (Å²) in [6, 6.07) is 16.8. The van der Waals surface area contributed by atoms with E-state index in [9.17, 15) is 4.79 Å². The summed E-state index contributed by atoms with van der Waals surface area (Å²) in [6.45, 7) is 3.32. The molecule has 0 bridgehead atoms. The van der Waals surface area contributed by atoms with Crippen molar-refractivity contribution in [2.45, 2.75) is 51.0 Å². The summed E-state index contributed by atoms with van der Waals surface area (Å²) in [6.07, 6.45) is 11.3. The zero-order valence-corrected chi connectivity index (χ0v) is 20.9. The average Bonchev–Trinajstić information content (AvgIpc) is 3.20. The van der Waals surface area contributed by atoms with Crippen LogP contribution in [0.2, 0.25) is 0 Å². The molecule has 0 atom stereocenters. The standard InChI is InChI=1S/C29H32N4OS/c30-20-22-5-8-23-14-17-33(18-15-24(23)19-22)16-13-21-6-9-25(10-7-21)31-28(34)11-12-29-32-26-3-1-2-4-27(26)35-29/h1-5,8,11-12,19,21,25H,6-7,9-10,13-18H2,(H,31,34)/b12-11+. The van der Waals surface area contributed by atoms with E-state index in [2.05, 4.69) is 39.5 Å². The molecule has 180 valence electrons. The Bertz CT molecular complexity index is 1220. The number of hydrogen-bond donors (Lipinski definition) is 1. The van der Waals surface area contributed by atoms with Crippen LogP contribution in [0, 0.1) is 17.2 Å². The molecule has 2 aromatic carbocycles. The Labute approximate surface area is 211 Å². The van der Waals surface area contributed by atoms with Gasteiger partial charge in [0.2, 0.25) is 5.91 Å². The predicted octanol–water partition coefficient (Wildman–Crippen LogP) is 5.35. The molecule has 1 fully saturated rings. The zero-order valence-electron chi connectivity index (χ0n) is 20.1. The molecule has 5 nitrogen and oxygen atoms in total. The van der Waals surface area contributed by atoms with Crippen LogP contribution < -0.4 is 5.32 Å². The number of carbonyl (C=O) groups is 1. The van der Waals surface area contributed by atoms with E-state index in [0.29, 0.717) is 0 Å².